The molecule has 0 fully saturated rings. The predicted molar refractivity (Wildman–Crippen MR) is 167 cm³/mol. The second-order valence-corrected chi connectivity index (χ2v) is 9.65. The minimum atomic E-state index is 0.625. The van der Waals surface area contributed by atoms with Gasteiger partial charge in [0.05, 0.1) is 16.4 Å². The minimum absolute atomic E-state index is 0.625. The lowest BCUT2D eigenvalue weighted by molar-refractivity contribution is 1.48. The first-order valence-corrected chi connectivity index (χ1v) is 13.4. The van der Waals surface area contributed by atoms with E-state index in [0.717, 1.165) is 56.1 Å². The maximum Gasteiger partial charge on any atom is 0.0888 e. The number of rotatable bonds is 7. The molecule has 6 rings (SSSR count). The van der Waals surface area contributed by atoms with Crippen LogP contribution in [0.5, 0.6) is 0 Å². The highest BCUT2D eigenvalue weighted by molar-refractivity contribution is 6.39. The second kappa shape index (κ2) is 11.3. The van der Waals surface area contributed by atoms with Crippen molar-refractivity contribution in [3.05, 3.63) is 157 Å². The van der Waals surface area contributed by atoms with E-state index in [2.05, 4.69) is 114 Å². The molecule has 0 unspecified atom stereocenters. The van der Waals surface area contributed by atoms with Gasteiger partial charge in [0.15, 0.2) is 0 Å². The zero-order chi connectivity index (χ0) is 26.4. The molecule has 39 heavy (non-hydrogen) atoms. The van der Waals surface area contributed by atoms with Gasteiger partial charge in [0.1, 0.15) is 0 Å². The number of anilines is 4. The van der Waals surface area contributed by atoms with Gasteiger partial charge in [-0.15, -0.1) is 0 Å². The Bertz CT molecular complexity index is 1560. The molecule has 0 atom stereocenters. The third-order valence-corrected chi connectivity index (χ3v) is 7.09. The molecule has 0 radical (unpaired) electrons. The smallest absolute Gasteiger partial charge is 0.0888 e. The summed E-state index contributed by atoms with van der Waals surface area (Å²) in [7, 11) is 0. The summed E-state index contributed by atoms with van der Waals surface area (Å²) in [5.74, 6) is 0. The molecule has 0 saturated heterocycles. The van der Waals surface area contributed by atoms with E-state index in [4.69, 9.17) is 11.6 Å². The Morgan fingerprint density at radius 3 is 0.949 bits per heavy atom. The van der Waals surface area contributed by atoms with E-state index in [0.29, 0.717) is 5.02 Å². The molecule has 2 N–H and O–H groups in total. The van der Waals surface area contributed by atoms with Crippen molar-refractivity contribution in [2.24, 2.45) is 0 Å². The molecule has 0 aromatic heterocycles. The second-order valence-electron chi connectivity index (χ2n) is 9.27. The summed E-state index contributed by atoms with van der Waals surface area (Å²) in [5, 5.41) is 7.99. The van der Waals surface area contributed by atoms with E-state index in [1.165, 1.54) is 0 Å². The Labute approximate surface area is 234 Å². The van der Waals surface area contributed by atoms with Crippen molar-refractivity contribution in [1.29, 1.82) is 0 Å². The molecule has 0 saturated carbocycles. The molecule has 6 aromatic rings. The van der Waals surface area contributed by atoms with Gasteiger partial charge in [-0.1, -0.05) is 139 Å². The van der Waals surface area contributed by atoms with E-state index in [-0.39, 0.29) is 0 Å². The Morgan fingerprint density at radius 2 is 0.615 bits per heavy atom. The zero-order valence-corrected chi connectivity index (χ0v) is 22.1. The van der Waals surface area contributed by atoms with Crippen LogP contribution in [-0.4, -0.2) is 0 Å². The zero-order valence-electron chi connectivity index (χ0n) is 21.3. The molecule has 0 aliphatic heterocycles. The van der Waals surface area contributed by atoms with Crippen molar-refractivity contribution in [3.8, 4) is 33.4 Å². The van der Waals surface area contributed by atoms with Crippen molar-refractivity contribution >= 4 is 34.4 Å². The highest BCUT2D eigenvalue weighted by Gasteiger charge is 2.26. The number of hydrogen-bond donors (Lipinski definition) is 2. The Morgan fingerprint density at radius 1 is 0.333 bits per heavy atom. The van der Waals surface area contributed by atoms with Crippen molar-refractivity contribution in [3.63, 3.8) is 0 Å². The number of halogens is 1. The van der Waals surface area contributed by atoms with Gasteiger partial charge in [0.25, 0.3) is 0 Å². The highest BCUT2D eigenvalue weighted by Crippen LogP contribution is 2.53. The van der Waals surface area contributed by atoms with Crippen molar-refractivity contribution in [2.45, 2.75) is 0 Å². The molecular weight excluding hydrogens is 496 g/mol. The monoisotopic (exact) mass is 522 g/mol. The largest absolute Gasteiger partial charge is 0.354 e. The molecule has 3 heteroatoms. The molecule has 0 heterocycles. The summed E-state index contributed by atoms with van der Waals surface area (Å²) in [6.45, 7) is 0. The van der Waals surface area contributed by atoms with Gasteiger partial charge in [0.2, 0.25) is 0 Å². The minimum Gasteiger partial charge on any atom is -0.354 e. The average molecular weight is 523 g/mol. The first-order valence-electron chi connectivity index (χ1n) is 13.0. The van der Waals surface area contributed by atoms with Crippen molar-refractivity contribution in [1.82, 2.24) is 0 Å². The van der Waals surface area contributed by atoms with Gasteiger partial charge in [-0.2, -0.15) is 0 Å². The lowest BCUT2D eigenvalue weighted by Gasteiger charge is -2.26. The van der Waals surface area contributed by atoms with Crippen LogP contribution in [0.15, 0.2) is 152 Å². The Balaban J connectivity index is 1.76. The fourth-order valence-corrected chi connectivity index (χ4v) is 5.25. The van der Waals surface area contributed by atoms with E-state index in [1.807, 2.05) is 48.5 Å². The molecular formula is C36H27ClN2. The molecule has 0 aliphatic rings. The molecule has 0 spiro atoms. The summed E-state index contributed by atoms with van der Waals surface area (Å²) in [6, 6.07) is 51.9. The number of hydrogen-bond acceptors (Lipinski definition) is 2. The van der Waals surface area contributed by atoms with Crippen LogP contribution in [0.1, 0.15) is 0 Å². The molecule has 0 bridgehead atoms. The first-order chi connectivity index (χ1) is 19.3. The topological polar surface area (TPSA) is 24.1 Å². The maximum absolute atomic E-state index is 7.45. The molecule has 6 aromatic carbocycles. The average Bonchev–Trinajstić information content (AvgIpc) is 3.01. The van der Waals surface area contributed by atoms with Gasteiger partial charge in [-0.3, -0.25) is 0 Å². The van der Waals surface area contributed by atoms with E-state index in [1.54, 1.807) is 0 Å². The lowest BCUT2D eigenvalue weighted by atomic mass is 9.85. The van der Waals surface area contributed by atoms with Crippen LogP contribution in [-0.2, 0) is 0 Å². The third-order valence-electron chi connectivity index (χ3n) is 6.71. The molecule has 0 aliphatic carbocycles. The van der Waals surface area contributed by atoms with Gasteiger partial charge >= 0.3 is 0 Å². The molecule has 2 nitrogen and oxygen atoms in total. The fourth-order valence-electron chi connectivity index (χ4n) is 4.97. The third kappa shape index (κ3) is 5.16. The standard InChI is InChI=1S/C36H27ClN2/c37-34-35(38-29-22-12-4-13-23-29)32(27-18-8-2-9-19-27)31(26-16-6-1-7-17-26)33(28-20-10-3-11-21-28)36(34)39-30-24-14-5-15-25-30/h1-25,38-39H. The van der Waals surface area contributed by atoms with Crippen LogP contribution in [0.3, 0.4) is 0 Å². The van der Waals surface area contributed by atoms with Crippen molar-refractivity contribution in [2.75, 3.05) is 10.6 Å². The Kier molecular flexibility index (Phi) is 7.11. The van der Waals surface area contributed by atoms with E-state index < -0.39 is 0 Å². The van der Waals surface area contributed by atoms with Crippen LogP contribution < -0.4 is 10.6 Å². The SMILES string of the molecule is Clc1c(Nc2ccccc2)c(-c2ccccc2)c(-c2ccccc2)c(-c2ccccc2)c1Nc1ccccc1. The summed E-state index contributed by atoms with van der Waals surface area (Å²) in [6.07, 6.45) is 0. The van der Waals surface area contributed by atoms with Gasteiger partial charge < -0.3 is 10.6 Å². The van der Waals surface area contributed by atoms with Gasteiger partial charge in [0, 0.05) is 28.1 Å². The number of benzene rings is 6. The van der Waals surface area contributed by atoms with Gasteiger partial charge in [-0.05, 0) is 41.0 Å². The van der Waals surface area contributed by atoms with Crippen LogP contribution in [0.25, 0.3) is 33.4 Å². The highest BCUT2D eigenvalue weighted by atomic mass is 35.5. The summed E-state index contributed by atoms with van der Waals surface area (Å²) < 4.78 is 0. The van der Waals surface area contributed by atoms with Crippen LogP contribution >= 0.6 is 11.6 Å². The van der Waals surface area contributed by atoms with E-state index >= 15 is 0 Å². The Hall–Kier alpha value is -4.79. The maximum atomic E-state index is 7.45. The van der Waals surface area contributed by atoms with E-state index in [9.17, 15) is 0 Å². The summed E-state index contributed by atoms with van der Waals surface area (Å²) in [5.41, 5.74) is 10.1. The molecule has 0 amide bonds. The summed E-state index contributed by atoms with van der Waals surface area (Å²) in [4.78, 5) is 0. The van der Waals surface area contributed by atoms with Crippen LogP contribution in [0.4, 0.5) is 22.7 Å². The lowest BCUT2D eigenvalue weighted by Crippen LogP contribution is -2.04. The van der Waals surface area contributed by atoms with Gasteiger partial charge in [-0.25, -0.2) is 0 Å². The van der Waals surface area contributed by atoms with Crippen molar-refractivity contribution < 1.29 is 0 Å². The first kappa shape index (κ1) is 24.5. The number of nitrogens with one attached hydrogen (secondary N) is 2. The fraction of sp³-hybridized carbons (Fsp3) is 0. The predicted octanol–water partition coefficient (Wildman–Crippen LogP) is 10.8. The van der Waals surface area contributed by atoms with Crippen LogP contribution in [0.2, 0.25) is 5.02 Å². The summed E-state index contributed by atoms with van der Waals surface area (Å²) >= 11 is 7.45. The number of para-hydroxylation sites is 2. The molecule has 188 valence electrons. The van der Waals surface area contributed by atoms with Crippen LogP contribution in [0, 0.1) is 0 Å². The quantitative estimate of drug-likeness (QED) is 0.218. The normalized spacial score (nSPS) is 10.7.